The van der Waals surface area contributed by atoms with Gasteiger partial charge in [0.25, 0.3) is 0 Å². The SMILES string of the molecule is OC1(c2ccccc2Cl)CCN(c2ccnc3cc(Br)cnc23)CC1. The number of anilines is 1. The molecule has 0 atom stereocenters. The molecular formula is C19H17BrClN3O. The summed E-state index contributed by atoms with van der Waals surface area (Å²) in [6.07, 6.45) is 4.84. The second-order valence-corrected chi connectivity index (χ2v) is 7.67. The zero-order valence-electron chi connectivity index (χ0n) is 13.5. The molecule has 4 rings (SSSR count). The third-order valence-electron chi connectivity index (χ3n) is 4.83. The Kier molecular flexibility index (Phi) is 4.40. The van der Waals surface area contributed by atoms with Crippen LogP contribution in [0.1, 0.15) is 18.4 Å². The molecule has 1 saturated heterocycles. The lowest BCUT2D eigenvalue weighted by Crippen LogP contribution is -2.43. The minimum absolute atomic E-state index is 0.622. The van der Waals surface area contributed by atoms with E-state index in [-0.39, 0.29) is 0 Å². The lowest BCUT2D eigenvalue weighted by atomic mass is 9.84. The summed E-state index contributed by atoms with van der Waals surface area (Å²) in [5.41, 5.74) is 2.73. The van der Waals surface area contributed by atoms with Crippen molar-refractivity contribution in [1.29, 1.82) is 0 Å². The third kappa shape index (κ3) is 3.12. The van der Waals surface area contributed by atoms with Gasteiger partial charge in [-0.15, -0.1) is 0 Å². The molecule has 0 radical (unpaired) electrons. The third-order valence-corrected chi connectivity index (χ3v) is 5.59. The van der Waals surface area contributed by atoms with Crippen LogP contribution in [0.15, 0.2) is 53.3 Å². The normalized spacial score (nSPS) is 17.0. The summed E-state index contributed by atoms with van der Waals surface area (Å²) in [7, 11) is 0. The lowest BCUT2D eigenvalue weighted by Gasteiger charge is -2.40. The maximum absolute atomic E-state index is 11.1. The number of rotatable bonds is 2. The maximum atomic E-state index is 11.1. The fraction of sp³-hybridized carbons (Fsp3) is 0.263. The summed E-state index contributed by atoms with van der Waals surface area (Å²) in [6, 6.07) is 11.5. The van der Waals surface area contributed by atoms with E-state index in [1.807, 2.05) is 36.4 Å². The highest BCUT2D eigenvalue weighted by Gasteiger charge is 2.35. The van der Waals surface area contributed by atoms with E-state index in [1.165, 1.54) is 0 Å². The summed E-state index contributed by atoms with van der Waals surface area (Å²) in [5, 5.41) is 11.7. The number of aromatic nitrogens is 2. The Morgan fingerprint density at radius 2 is 1.88 bits per heavy atom. The van der Waals surface area contributed by atoms with E-state index >= 15 is 0 Å². The predicted molar refractivity (Wildman–Crippen MR) is 104 cm³/mol. The summed E-state index contributed by atoms with van der Waals surface area (Å²) in [4.78, 5) is 11.2. The second kappa shape index (κ2) is 6.56. The summed E-state index contributed by atoms with van der Waals surface area (Å²) in [6.45, 7) is 1.47. The maximum Gasteiger partial charge on any atom is 0.112 e. The van der Waals surface area contributed by atoms with Crippen molar-refractivity contribution in [3.63, 3.8) is 0 Å². The van der Waals surface area contributed by atoms with Crippen LogP contribution in [0, 0.1) is 0 Å². The van der Waals surface area contributed by atoms with Crippen molar-refractivity contribution >= 4 is 44.3 Å². The predicted octanol–water partition coefficient (Wildman–Crippen LogP) is 4.53. The van der Waals surface area contributed by atoms with Crippen LogP contribution in [0.4, 0.5) is 5.69 Å². The molecular weight excluding hydrogens is 402 g/mol. The lowest BCUT2D eigenvalue weighted by molar-refractivity contribution is 0.0119. The smallest absolute Gasteiger partial charge is 0.112 e. The molecule has 0 amide bonds. The first-order valence-electron chi connectivity index (χ1n) is 8.19. The molecule has 0 bridgehead atoms. The van der Waals surface area contributed by atoms with E-state index < -0.39 is 5.60 Å². The number of fused-ring (bicyclic) bond motifs is 1. The van der Waals surface area contributed by atoms with Gasteiger partial charge in [0.2, 0.25) is 0 Å². The molecule has 128 valence electrons. The van der Waals surface area contributed by atoms with Crippen molar-refractivity contribution in [3.05, 3.63) is 63.9 Å². The van der Waals surface area contributed by atoms with E-state index in [1.54, 1.807) is 12.4 Å². The minimum atomic E-state index is -0.881. The van der Waals surface area contributed by atoms with Crippen molar-refractivity contribution < 1.29 is 5.11 Å². The average Bonchev–Trinajstić information content (AvgIpc) is 2.62. The van der Waals surface area contributed by atoms with Crippen LogP contribution in [0.5, 0.6) is 0 Å². The Morgan fingerprint density at radius 3 is 2.64 bits per heavy atom. The minimum Gasteiger partial charge on any atom is -0.385 e. The van der Waals surface area contributed by atoms with Gasteiger partial charge in [0.05, 0.1) is 16.8 Å². The van der Waals surface area contributed by atoms with Gasteiger partial charge in [0.15, 0.2) is 0 Å². The second-order valence-electron chi connectivity index (χ2n) is 6.35. The van der Waals surface area contributed by atoms with Crippen molar-refractivity contribution in [1.82, 2.24) is 9.97 Å². The number of benzene rings is 1. The molecule has 0 spiro atoms. The van der Waals surface area contributed by atoms with Crippen LogP contribution < -0.4 is 4.90 Å². The van der Waals surface area contributed by atoms with Gasteiger partial charge >= 0.3 is 0 Å². The van der Waals surface area contributed by atoms with Gasteiger partial charge in [-0.2, -0.15) is 0 Å². The van der Waals surface area contributed by atoms with Gasteiger partial charge in [0.1, 0.15) is 5.52 Å². The molecule has 1 aliphatic heterocycles. The summed E-state index contributed by atoms with van der Waals surface area (Å²) < 4.78 is 0.913. The van der Waals surface area contributed by atoms with E-state index in [0.717, 1.165) is 39.8 Å². The van der Waals surface area contributed by atoms with Crippen molar-refractivity contribution in [2.24, 2.45) is 0 Å². The van der Waals surface area contributed by atoms with Crippen LogP contribution in [0.25, 0.3) is 11.0 Å². The molecule has 1 fully saturated rings. The van der Waals surface area contributed by atoms with Gasteiger partial charge in [-0.1, -0.05) is 29.8 Å². The van der Waals surface area contributed by atoms with Gasteiger partial charge in [0, 0.05) is 40.5 Å². The van der Waals surface area contributed by atoms with Crippen LogP contribution in [-0.2, 0) is 5.60 Å². The monoisotopic (exact) mass is 417 g/mol. The zero-order chi connectivity index (χ0) is 17.4. The Morgan fingerprint density at radius 1 is 1.12 bits per heavy atom. The molecule has 3 heterocycles. The highest BCUT2D eigenvalue weighted by Crippen LogP contribution is 2.38. The quantitative estimate of drug-likeness (QED) is 0.664. The molecule has 3 aromatic rings. The number of aliphatic hydroxyl groups is 1. The summed E-state index contributed by atoms with van der Waals surface area (Å²) in [5.74, 6) is 0. The van der Waals surface area contributed by atoms with Gasteiger partial charge in [-0.25, -0.2) is 0 Å². The molecule has 1 aliphatic rings. The Labute approximate surface area is 159 Å². The van der Waals surface area contributed by atoms with Crippen LogP contribution in [0.2, 0.25) is 5.02 Å². The van der Waals surface area contributed by atoms with Crippen LogP contribution in [-0.4, -0.2) is 28.2 Å². The molecule has 6 heteroatoms. The van der Waals surface area contributed by atoms with Crippen molar-refractivity contribution in [3.8, 4) is 0 Å². The van der Waals surface area contributed by atoms with Gasteiger partial charge in [-0.05, 0) is 47.0 Å². The first-order valence-corrected chi connectivity index (χ1v) is 9.36. The molecule has 1 aromatic carbocycles. The number of nitrogens with zero attached hydrogens (tertiary/aromatic N) is 3. The topological polar surface area (TPSA) is 49.2 Å². The molecule has 2 aromatic heterocycles. The number of hydrogen-bond acceptors (Lipinski definition) is 4. The number of pyridine rings is 2. The molecule has 0 aliphatic carbocycles. The standard InChI is InChI=1S/C19H17BrClN3O/c20-13-11-16-18(23-12-13)17(5-8-22-16)24-9-6-19(25,7-10-24)14-3-1-2-4-15(14)21/h1-5,8,11-12,25H,6-7,9-10H2. The number of piperidine rings is 1. The van der Waals surface area contributed by atoms with E-state index in [2.05, 4.69) is 30.8 Å². The van der Waals surface area contributed by atoms with Crippen LogP contribution >= 0.6 is 27.5 Å². The van der Waals surface area contributed by atoms with Crippen LogP contribution in [0.3, 0.4) is 0 Å². The Bertz CT molecular complexity index is 925. The molecule has 4 nitrogen and oxygen atoms in total. The highest BCUT2D eigenvalue weighted by atomic mass is 79.9. The fourth-order valence-electron chi connectivity index (χ4n) is 3.47. The largest absolute Gasteiger partial charge is 0.385 e. The van der Waals surface area contributed by atoms with Crippen molar-refractivity contribution in [2.45, 2.75) is 18.4 Å². The van der Waals surface area contributed by atoms with Gasteiger partial charge < -0.3 is 10.0 Å². The van der Waals surface area contributed by atoms with E-state index in [9.17, 15) is 5.11 Å². The molecule has 0 unspecified atom stereocenters. The molecule has 0 saturated carbocycles. The summed E-state index contributed by atoms with van der Waals surface area (Å²) >= 11 is 9.74. The average molecular weight is 419 g/mol. The first-order chi connectivity index (χ1) is 12.1. The zero-order valence-corrected chi connectivity index (χ0v) is 15.8. The fourth-order valence-corrected chi connectivity index (χ4v) is 4.10. The number of hydrogen-bond donors (Lipinski definition) is 1. The number of halogens is 2. The Hall–Kier alpha value is -1.69. The Balaban J connectivity index is 1.62. The molecule has 25 heavy (non-hydrogen) atoms. The van der Waals surface area contributed by atoms with Crippen molar-refractivity contribution in [2.75, 3.05) is 18.0 Å². The highest BCUT2D eigenvalue weighted by molar-refractivity contribution is 9.10. The van der Waals surface area contributed by atoms with Gasteiger partial charge in [-0.3, -0.25) is 9.97 Å². The van der Waals surface area contributed by atoms with E-state index in [4.69, 9.17) is 11.6 Å². The van der Waals surface area contributed by atoms with E-state index in [0.29, 0.717) is 17.9 Å². The molecule has 1 N–H and O–H groups in total. The first kappa shape index (κ1) is 16.8.